The van der Waals surface area contributed by atoms with Crippen molar-refractivity contribution in [1.82, 2.24) is 14.9 Å². The molecule has 0 saturated heterocycles. The maximum atomic E-state index is 12.2. The molecule has 2 aromatic rings. The van der Waals surface area contributed by atoms with Crippen LogP contribution < -0.4 is 10.1 Å². The van der Waals surface area contributed by atoms with E-state index in [1.807, 2.05) is 35.0 Å². The van der Waals surface area contributed by atoms with Gasteiger partial charge in [0.05, 0.1) is 18.4 Å². The molecule has 0 bridgehead atoms. The number of carbonyl (C=O) groups excluding carboxylic acids is 1. The number of aryl methyl sites for hydroxylation is 1. The predicted octanol–water partition coefficient (Wildman–Crippen LogP) is 2.64. The number of hydrogen-bond acceptors (Lipinski definition) is 4. The fourth-order valence-electron chi connectivity index (χ4n) is 2.53. The third kappa shape index (κ3) is 3.27. The summed E-state index contributed by atoms with van der Waals surface area (Å²) < 4.78 is 7.64. The number of para-hydroxylation sites is 1. The van der Waals surface area contributed by atoms with Crippen molar-refractivity contribution in [2.75, 3.05) is 12.4 Å². The van der Waals surface area contributed by atoms with Crippen LogP contribution in [0.2, 0.25) is 0 Å². The molecule has 1 aromatic heterocycles. The van der Waals surface area contributed by atoms with E-state index in [4.69, 9.17) is 4.74 Å². The first kappa shape index (κ1) is 15.0. The third-order valence-electron chi connectivity index (χ3n) is 3.64. The molecule has 1 atom stereocenters. The minimum Gasteiger partial charge on any atom is -0.493 e. The maximum absolute atomic E-state index is 12.2. The number of fused-ring (bicyclic) bond motifs is 1. The monoisotopic (exact) mass is 317 g/mol. The Labute approximate surface area is 134 Å². The van der Waals surface area contributed by atoms with Crippen LogP contribution in [0.3, 0.4) is 0 Å². The van der Waals surface area contributed by atoms with E-state index in [2.05, 4.69) is 17.2 Å². The Hall–Kier alpha value is -1.95. The molecular formula is C16H19N3O2S. The minimum atomic E-state index is 0.0253. The molecule has 0 fully saturated rings. The quantitative estimate of drug-likeness (QED) is 0.861. The van der Waals surface area contributed by atoms with E-state index in [-0.39, 0.29) is 11.9 Å². The summed E-state index contributed by atoms with van der Waals surface area (Å²) in [4.78, 5) is 16.5. The molecule has 1 N–H and O–H groups in total. The van der Waals surface area contributed by atoms with Gasteiger partial charge < -0.3 is 14.6 Å². The molecular weight excluding hydrogens is 298 g/mol. The second kappa shape index (κ2) is 6.87. The van der Waals surface area contributed by atoms with Crippen LogP contribution in [0.1, 0.15) is 24.9 Å². The van der Waals surface area contributed by atoms with Gasteiger partial charge in [0.15, 0.2) is 5.16 Å². The first-order chi connectivity index (χ1) is 10.8. The smallest absolute Gasteiger partial charge is 0.230 e. The fourth-order valence-corrected chi connectivity index (χ4v) is 3.37. The van der Waals surface area contributed by atoms with Crippen LogP contribution in [0.25, 0.3) is 0 Å². The number of carbonyl (C=O) groups is 1. The molecule has 1 aromatic carbocycles. The minimum absolute atomic E-state index is 0.0253. The Morgan fingerprint density at radius 2 is 2.36 bits per heavy atom. The largest absolute Gasteiger partial charge is 0.493 e. The molecule has 1 aliphatic heterocycles. The molecule has 0 aliphatic carbocycles. The summed E-state index contributed by atoms with van der Waals surface area (Å²) in [6.07, 6.45) is 4.49. The van der Waals surface area contributed by atoms with Crippen molar-refractivity contribution < 1.29 is 9.53 Å². The van der Waals surface area contributed by atoms with E-state index in [0.717, 1.165) is 29.4 Å². The molecule has 5 nitrogen and oxygen atoms in total. The van der Waals surface area contributed by atoms with Gasteiger partial charge in [-0.1, -0.05) is 30.0 Å². The van der Waals surface area contributed by atoms with Crippen LogP contribution in [0, 0.1) is 0 Å². The number of aromatic nitrogens is 2. The Balaban J connectivity index is 1.59. The van der Waals surface area contributed by atoms with Crippen molar-refractivity contribution in [1.29, 1.82) is 0 Å². The van der Waals surface area contributed by atoms with E-state index in [1.54, 1.807) is 6.20 Å². The number of rotatable bonds is 5. The van der Waals surface area contributed by atoms with E-state index in [9.17, 15) is 4.79 Å². The number of ether oxygens (including phenoxy) is 1. The highest BCUT2D eigenvalue weighted by Gasteiger charge is 2.22. The summed E-state index contributed by atoms with van der Waals surface area (Å²) in [6.45, 7) is 3.55. The number of nitrogens with one attached hydrogen (secondary N) is 1. The van der Waals surface area contributed by atoms with Gasteiger partial charge >= 0.3 is 0 Å². The average Bonchev–Trinajstić information content (AvgIpc) is 3.01. The molecule has 0 radical (unpaired) electrons. The number of hydrogen-bond donors (Lipinski definition) is 1. The van der Waals surface area contributed by atoms with Gasteiger partial charge in [-0.15, -0.1) is 0 Å². The molecule has 22 heavy (non-hydrogen) atoms. The summed E-state index contributed by atoms with van der Waals surface area (Å²) >= 11 is 1.46. The van der Waals surface area contributed by atoms with Gasteiger partial charge in [-0.25, -0.2) is 4.98 Å². The molecule has 116 valence electrons. The van der Waals surface area contributed by atoms with Gasteiger partial charge in [0.2, 0.25) is 5.91 Å². The lowest BCUT2D eigenvalue weighted by atomic mass is 10.0. The van der Waals surface area contributed by atoms with Gasteiger partial charge in [-0.3, -0.25) is 4.79 Å². The van der Waals surface area contributed by atoms with Crippen molar-refractivity contribution in [3.05, 3.63) is 42.2 Å². The van der Waals surface area contributed by atoms with Crippen molar-refractivity contribution in [2.45, 2.75) is 31.1 Å². The van der Waals surface area contributed by atoms with Crippen LogP contribution in [-0.4, -0.2) is 27.8 Å². The Morgan fingerprint density at radius 3 is 3.23 bits per heavy atom. The number of amides is 1. The lowest BCUT2D eigenvalue weighted by Crippen LogP contribution is -2.33. The zero-order chi connectivity index (χ0) is 15.4. The maximum Gasteiger partial charge on any atom is 0.230 e. The average molecular weight is 317 g/mol. The fraction of sp³-hybridized carbons (Fsp3) is 0.375. The summed E-state index contributed by atoms with van der Waals surface area (Å²) in [7, 11) is 0. The van der Waals surface area contributed by atoms with Gasteiger partial charge in [-0.2, -0.15) is 0 Å². The van der Waals surface area contributed by atoms with Crippen molar-refractivity contribution in [3.63, 3.8) is 0 Å². The lowest BCUT2D eigenvalue weighted by molar-refractivity contribution is -0.119. The molecule has 6 heteroatoms. The van der Waals surface area contributed by atoms with Crippen molar-refractivity contribution in [3.8, 4) is 5.75 Å². The van der Waals surface area contributed by atoms with E-state index >= 15 is 0 Å². The van der Waals surface area contributed by atoms with E-state index in [1.165, 1.54) is 11.8 Å². The summed E-state index contributed by atoms with van der Waals surface area (Å²) in [5.74, 6) is 1.27. The first-order valence-electron chi connectivity index (χ1n) is 7.43. The zero-order valence-corrected chi connectivity index (χ0v) is 13.3. The van der Waals surface area contributed by atoms with Crippen LogP contribution in [0.5, 0.6) is 5.75 Å². The van der Waals surface area contributed by atoms with Gasteiger partial charge in [0.1, 0.15) is 5.75 Å². The highest BCUT2D eigenvalue weighted by Crippen LogP contribution is 2.31. The molecule has 2 heterocycles. The first-order valence-corrected chi connectivity index (χ1v) is 8.41. The topological polar surface area (TPSA) is 56.2 Å². The van der Waals surface area contributed by atoms with Gasteiger partial charge in [-0.05, 0) is 13.0 Å². The highest BCUT2D eigenvalue weighted by atomic mass is 32.2. The number of benzene rings is 1. The molecule has 1 aliphatic rings. The normalized spacial score (nSPS) is 16.7. The van der Waals surface area contributed by atoms with Crippen LogP contribution >= 0.6 is 11.8 Å². The van der Waals surface area contributed by atoms with Gasteiger partial charge in [0, 0.05) is 30.9 Å². The standard InChI is InChI=1S/C16H19N3O2S/c1-2-19-9-8-17-16(19)22-11-15(20)18-13-7-10-21-14-6-4-3-5-12(13)14/h3-6,8-9,13H,2,7,10-11H2,1H3,(H,18,20). The van der Waals surface area contributed by atoms with Gasteiger partial charge in [0.25, 0.3) is 0 Å². The molecule has 3 rings (SSSR count). The number of thioether (sulfide) groups is 1. The molecule has 0 spiro atoms. The summed E-state index contributed by atoms with van der Waals surface area (Å²) in [5, 5.41) is 3.98. The second-order valence-corrected chi connectivity index (χ2v) is 6.02. The second-order valence-electron chi connectivity index (χ2n) is 5.08. The zero-order valence-electron chi connectivity index (χ0n) is 12.5. The summed E-state index contributed by atoms with van der Waals surface area (Å²) in [6, 6.07) is 7.91. The number of imidazole rings is 1. The Kier molecular flexibility index (Phi) is 4.68. The van der Waals surface area contributed by atoms with Crippen LogP contribution in [0.4, 0.5) is 0 Å². The molecule has 1 unspecified atom stereocenters. The lowest BCUT2D eigenvalue weighted by Gasteiger charge is -2.26. The Morgan fingerprint density at radius 1 is 1.50 bits per heavy atom. The van der Waals surface area contributed by atoms with Crippen molar-refractivity contribution in [2.24, 2.45) is 0 Å². The predicted molar refractivity (Wildman–Crippen MR) is 86.1 cm³/mol. The molecule has 0 saturated carbocycles. The van der Waals surface area contributed by atoms with E-state index in [0.29, 0.717) is 12.4 Å². The summed E-state index contributed by atoms with van der Waals surface area (Å²) in [5.41, 5.74) is 1.06. The highest BCUT2D eigenvalue weighted by molar-refractivity contribution is 7.99. The van der Waals surface area contributed by atoms with Crippen molar-refractivity contribution >= 4 is 17.7 Å². The van der Waals surface area contributed by atoms with Crippen LogP contribution in [-0.2, 0) is 11.3 Å². The SMILES string of the molecule is CCn1ccnc1SCC(=O)NC1CCOc2ccccc21. The molecule has 1 amide bonds. The number of nitrogens with zero attached hydrogens (tertiary/aromatic N) is 2. The third-order valence-corrected chi connectivity index (χ3v) is 4.65. The van der Waals surface area contributed by atoms with E-state index < -0.39 is 0 Å². The Bertz CT molecular complexity index is 656. The van der Waals surface area contributed by atoms with Crippen LogP contribution in [0.15, 0.2) is 41.8 Å².